The minimum absolute atomic E-state index is 0. The molecule has 2 aliphatic rings. The van der Waals surface area contributed by atoms with Gasteiger partial charge in [-0.25, -0.2) is 13.2 Å². The number of esters is 1. The molecule has 592 valence electrons. The number of ketones is 1. The number of rotatable bonds is 56. The number of carbonyl (C=O) groups is 3. The SMILES string of the molecule is COCCOCCOCCOCCN1C(=CC=CC=CC2=[N+](CCCCCC(=O)CCCNC(=O)c3ccc(C(=O)OC)c(P(c4ccccc4)c4ccccc4)c3)c3ccc(S(=O)(=O)[O-])cc3C2(C)CCOCCOCCOCCOC)C(C)(CCOCCOCCOCCOC)c2cc(S(=O)(=O)O)ccc21.[Na+].[Na+].[Na+]. The predicted molar refractivity (Wildman–Crippen MR) is 413 cm³/mol. The van der Waals surface area contributed by atoms with E-state index >= 15 is 0 Å². The third-order valence-corrected chi connectivity index (χ3v) is 22.6. The maximum absolute atomic E-state index is 13.8. The van der Waals surface area contributed by atoms with Gasteiger partial charge in [0.2, 0.25) is 5.69 Å². The Bertz CT molecular complexity index is 3940. The van der Waals surface area contributed by atoms with Crippen molar-refractivity contribution in [3.05, 3.63) is 174 Å². The summed E-state index contributed by atoms with van der Waals surface area (Å²) in [5.74, 6) is -0.783. The van der Waals surface area contributed by atoms with Crippen LogP contribution in [0.4, 0.5) is 11.4 Å². The molecular formula is C80H108N3Na3O22PS2+3. The first-order valence-corrected chi connectivity index (χ1v) is 40.8. The molecule has 5 aromatic carbocycles. The van der Waals surface area contributed by atoms with E-state index in [-0.39, 0.29) is 156 Å². The maximum Gasteiger partial charge on any atom is 1.00 e. The van der Waals surface area contributed by atoms with Crippen LogP contribution in [0.5, 0.6) is 0 Å². The number of nitrogens with zero attached hydrogens (tertiary/aromatic N) is 2. The number of hydrogen-bond acceptors (Lipinski definition) is 22. The van der Waals surface area contributed by atoms with Gasteiger partial charge in [0.15, 0.2) is 5.71 Å². The second-order valence-corrected chi connectivity index (χ2v) is 30.9. The summed E-state index contributed by atoms with van der Waals surface area (Å²) in [5, 5.41) is 5.66. The fraction of sp³-hybridized carbons (Fsp3) is 0.500. The predicted octanol–water partition coefficient (Wildman–Crippen LogP) is -0.267. The average molecular weight is 1630 g/mol. The number of unbranched alkanes of at least 4 members (excludes halogenated alkanes) is 2. The van der Waals surface area contributed by atoms with Gasteiger partial charge in [-0.05, 0) is 125 Å². The Kier molecular flexibility index (Phi) is 48.6. The number of amides is 1. The minimum Gasteiger partial charge on any atom is -0.744 e. The quantitative estimate of drug-likeness (QED) is 0.00963. The zero-order valence-corrected chi connectivity index (χ0v) is 74.7. The Hall–Kier alpha value is -3.83. The number of fused-ring (bicyclic) bond motifs is 2. The van der Waals surface area contributed by atoms with Crippen LogP contribution in [0.3, 0.4) is 0 Å². The molecule has 2 N–H and O–H groups in total. The van der Waals surface area contributed by atoms with Crippen LogP contribution in [0, 0.1) is 0 Å². The van der Waals surface area contributed by atoms with E-state index in [9.17, 15) is 40.3 Å². The molecular weight excluding hydrogens is 1520 g/mol. The van der Waals surface area contributed by atoms with Gasteiger partial charge in [0.05, 0.1) is 153 Å². The Morgan fingerprint density at radius 1 is 0.532 bits per heavy atom. The van der Waals surface area contributed by atoms with Gasteiger partial charge >= 0.3 is 94.6 Å². The van der Waals surface area contributed by atoms with E-state index in [4.69, 9.17) is 61.6 Å². The van der Waals surface area contributed by atoms with E-state index < -0.39 is 45.0 Å². The topological polar surface area (TPSA) is 301 Å². The summed E-state index contributed by atoms with van der Waals surface area (Å²) in [6.45, 7) is 12.8. The summed E-state index contributed by atoms with van der Waals surface area (Å²) in [6, 6.07) is 33.8. The normalized spacial score (nSPS) is 15.8. The van der Waals surface area contributed by atoms with Crippen molar-refractivity contribution in [1.82, 2.24) is 5.32 Å². The monoisotopic (exact) mass is 1630 g/mol. The zero-order chi connectivity index (χ0) is 77.5. The van der Waals surface area contributed by atoms with Gasteiger partial charge in [-0.2, -0.15) is 13.0 Å². The average Bonchev–Trinajstić information content (AvgIpc) is 1.59. The summed E-state index contributed by atoms with van der Waals surface area (Å²) < 4.78 is 149. The van der Waals surface area contributed by atoms with Crippen LogP contribution in [0.2, 0.25) is 0 Å². The van der Waals surface area contributed by atoms with Gasteiger partial charge < -0.3 is 76.3 Å². The van der Waals surface area contributed by atoms with Crippen molar-refractivity contribution < 1.29 is 195 Å². The summed E-state index contributed by atoms with van der Waals surface area (Å²) >= 11 is 0. The van der Waals surface area contributed by atoms with Crippen molar-refractivity contribution >= 4 is 78.8 Å². The zero-order valence-electron chi connectivity index (χ0n) is 66.2. The van der Waals surface area contributed by atoms with Crippen LogP contribution in [0.15, 0.2) is 161 Å². The van der Waals surface area contributed by atoms with E-state index in [1.54, 1.807) is 51.7 Å². The van der Waals surface area contributed by atoms with E-state index in [1.165, 1.54) is 31.4 Å². The standard InChI is InChI=1S/C80H108N3O22PS2.3Na/c1-79(34-39-97-48-51-103-57-54-100-45-42-93-3)70-61-67(107(87,88)89)29-32-72(70)82(37-18-10-11-20-64(84)21-19-36-81-77(85)63-28-31-69(78(86)96-6)74(60-63)106(65-22-12-7-13-23-65)66-24-14-8-15-25-66)75(79)26-16-9-17-27-76-80(2,35-40-98-49-52-104-58-55-101-46-43-94-4)71-62-68(108(90,91)92)30-33-73(71)83(76)38-41-99-50-53-105-59-56-102-47-44-95-5;;;/h7-9,12-17,22-33,60-62H,10-11,18-21,34-59H2,1-6H3,(H2-,81,85,87,88,89,90,91,92);;;/q;3*+1. The van der Waals surface area contributed by atoms with Crippen molar-refractivity contribution in [2.24, 2.45) is 0 Å². The molecule has 2 heterocycles. The molecule has 0 spiro atoms. The molecule has 0 aliphatic carbocycles. The minimum atomic E-state index is -4.88. The number of carbonyl (C=O) groups excluding carboxylic acids is 3. The molecule has 0 saturated heterocycles. The Morgan fingerprint density at radius 2 is 1.02 bits per heavy atom. The van der Waals surface area contributed by atoms with Gasteiger partial charge in [-0.15, -0.1) is 0 Å². The van der Waals surface area contributed by atoms with Crippen molar-refractivity contribution in [2.45, 2.75) is 85.8 Å². The van der Waals surface area contributed by atoms with Crippen molar-refractivity contribution in [2.75, 3.05) is 192 Å². The molecule has 2 aliphatic heterocycles. The molecule has 2 unspecified atom stereocenters. The number of ether oxygens (including phenoxy) is 13. The largest absolute Gasteiger partial charge is 1.00 e. The first kappa shape index (κ1) is 99.5. The summed E-state index contributed by atoms with van der Waals surface area (Å²) in [5.41, 5.74) is 3.30. The molecule has 0 saturated carbocycles. The van der Waals surface area contributed by atoms with Crippen LogP contribution in [-0.4, -0.2) is 241 Å². The fourth-order valence-corrected chi connectivity index (χ4v) is 16.2. The molecule has 0 aromatic heterocycles. The van der Waals surface area contributed by atoms with Crippen LogP contribution in [-0.2, 0) is 97.4 Å². The van der Waals surface area contributed by atoms with Crippen molar-refractivity contribution in [3.63, 3.8) is 0 Å². The number of hydrogen-bond donors (Lipinski definition) is 2. The molecule has 25 nitrogen and oxygen atoms in total. The molecule has 0 fully saturated rings. The number of methoxy groups -OCH3 is 4. The third-order valence-electron chi connectivity index (χ3n) is 18.4. The molecule has 1 amide bonds. The molecule has 111 heavy (non-hydrogen) atoms. The fourth-order valence-electron chi connectivity index (χ4n) is 12.7. The Morgan fingerprint density at radius 3 is 1.53 bits per heavy atom. The molecule has 2 atom stereocenters. The van der Waals surface area contributed by atoms with Gasteiger partial charge in [0, 0.05) is 112 Å². The smallest absolute Gasteiger partial charge is 0.744 e. The molecule has 7 rings (SSSR count). The third kappa shape index (κ3) is 32.2. The summed E-state index contributed by atoms with van der Waals surface area (Å²) in [4.78, 5) is 41.9. The van der Waals surface area contributed by atoms with Gasteiger partial charge in [-0.3, -0.25) is 14.1 Å². The maximum atomic E-state index is 13.8. The van der Waals surface area contributed by atoms with Gasteiger partial charge in [0.25, 0.3) is 16.0 Å². The molecule has 31 heteroatoms. The first-order chi connectivity index (χ1) is 52.3. The summed E-state index contributed by atoms with van der Waals surface area (Å²) in [7, 11) is -4.60. The molecule has 0 bridgehead atoms. The van der Waals surface area contributed by atoms with Crippen LogP contribution in [0.1, 0.15) is 97.1 Å². The van der Waals surface area contributed by atoms with E-state index in [0.29, 0.717) is 191 Å². The number of benzene rings is 5. The second-order valence-electron chi connectivity index (χ2n) is 25.9. The first-order valence-electron chi connectivity index (χ1n) is 36.6. The van der Waals surface area contributed by atoms with E-state index in [2.05, 4.69) is 14.8 Å². The molecule has 0 radical (unpaired) electrons. The van der Waals surface area contributed by atoms with Crippen molar-refractivity contribution in [3.8, 4) is 0 Å². The second kappa shape index (κ2) is 54.2. The van der Waals surface area contributed by atoms with Crippen molar-refractivity contribution in [1.29, 1.82) is 0 Å². The van der Waals surface area contributed by atoms with Crippen LogP contribution < -0.4 is 115 Å². The number of allylic oxidation sites excluding steroid dienone is 6. The van der Waals surface area contributed by atoms with Crippen LogP contribution >= 0.6 is 7.92 Å². The summed E-state index contributed by atoms with van der Waals surface area (Å²) in [6.07, 6.45) is 13.2. The van der Waals surface area contributed by atoms with E-state index in [0.717, 1.165) is 33.4 Å². The van der Waals surface area contributed by atoms with Gasteiger partial charge in [-0.1, -0.05) is 78.9 Å². The molecule has 5 aromatic rings. The van der Waals surface area contributed by atoms with E-state index in [1.807, 2.05) is 105 Å². The number of nitrogens with one attached hydrogen (secondary N) is 1. The van der Waals surface area contributed by atoms with Gasteiger partial charge in [0.1, 0.15) is 22.4 Å². The number of anilines is 1. The Labute approximate surface area is 723 Å². The van der Waals surface area contributed by atoms with Crippen LogP contribution in [0.25, 0.3) is 0 Å². The Balaban J connectivity index is 0.00000866. The number of Topliss-reactive ketones (excluding diaryl/α,β-unsaturated/α-hetero) is 1.